The molecule has 0 aliphatic rings. The molecule has 0 heterocycles. The highest BCUT2D eigenvalue weighted by molar-refractivity contribution is 7.89. The van der Waals surface area contributed by atoms with Gasteiger partial charge in [0.15, 0.2) is 0 Å². The second-order valence-corrected chi connectivity index (χ2v) is 7.01. The summed E-state index contributed by atoms with van der Waals surface area (Å²) < 4.78 is 64.7. The molecule has 2 aromatic rings. The summed E-state index contributed by atoms with van der Waals surface area (Å²) in [7, 11) is -1.15. The van der Waals surface area contributed by atoms with Gasteiger partial charge in [-0.15, -0.1) is 0 Å². The Morgan fingerprint density at radius 2 is 1.55 bits per heavy atom. The van der Waals surface area contributed by atoms with Gasteiger partial charge in [-0.05, 0) is 29.3 Å². The zero-order valence-electron chi connectivity index (χ0n) is 11.9. The number of alkyl halides is 3. The Balaban J connectivity index is 2.72. The standard InChI is InChI=1S/C15H14F3NO2S/c1-19(2)22(20,21)12-8-9-14(15(16,17)18)13(10-12)11-6-4-3-5-7-11/h3-10H,1-2H3. The van der Waals surface area contributed by atoms with E-state index in [1.54, 1.807) is 18.2 Å². The predicted molar refractivity (Wildman–Crippen MR) is 77.8 cm³/mol. The SMILES string of the molecule is CN(C)S(=O)(=O)c1ccc(C(F)(F)F)c(-c2ccccc2)c1. The molecule has 0 fully saturated rings. The Kier molecular flexibility index (Phi) is 4.30. The first-order chi connectivity index (χ1) is 10.1. The van der Waals surface area contributed by atoms with E-state index in [-0.39, 0.29) is 10.5 Å². The maximum absolute atomic E-state index is 13.2. The van der Waals surface area contributed by atoms with Gasteiger partial charge in [-0.25, -0.2) is 12.7 Å². The Bertz CT molecular complexity index is 769. The lowest BCUT2D eigenvalue weighted by molar-refractivity contribution is -0.137. The summed E-state index contributed by atoms with van der Waals surface area (Å²) in [4.78, 5) is -0.177. The van der Waals surface area contributed by atoms with E-state index in [0.29, 0.717) is 5.56 Å². The van der Waals surface area contributed by atoms with Crippen molar-refractivity contribution in [1.29, 1.82) is 0 Å². The minimum absolute atomic E-state index is 0.156. The van der Waals surface area contributed by atoms with E-state index in [9.17, 15) is 21.6 Å². The van der Waals surface area contributed by atoms with Crippen LogP contribution in [0.4, 0.5) is 13.2 Å². The van der Waals surface area contributed by atoms with E-state index in [2.05, 4.69) is 0 Å². The molecule has 0 aromatic heterocycles. The Morgan fingerprint density at radius 1 is 0.955 bits per heavy atom. The van der Waals surface area contributed by atoms with Gasteiger partial charge in [0, 0.05) is 14.1 Å². The van der Waals surface area contributed by atoms with Crippen molar-refractivity contribution in [3.8, 4) is 11.1 Å². The largest absolute Gasteiger partial charge is 0.417 e. The minimum atomic E-state index is -4.56. The third-order valence-electron chi connectivity index (χ3n) is 3.16. The quantitative estimate of drug-likeness (QED) is 0.862. The Morgan fingerprint density at radius 3 is 2.05 bits per heavy atom. The predicted octanol–water partition coefficient (Wildman–Crippen LogP) is 3.62. The van der Waals surface area contributed by atoms with Crippen LogP contribution >= 0.6 is 0 Å². The molecule has 3 nitrogen and oxygen atoms in total. The summed E-state index contributed by atoms with van der Waals surface area (Å²) in [6.45, 7) is 0. The van der Waals surface area contributed by atoms with Gasteiger partial charge in [0.1, 0.15) is 0 Å². The molecule has 0 radical (unpaired) electrons. The summed E-state index contributed by atoms with van der Waals surface area (Å²) in [5.41, 5.74) is -0.710. The summed E-state index contributed by atoms with van der Waals surface area (Å²) in [6.07, 6.45) is -4.56. The first kappa shape index (κ1) is 16.5. The monoisotopic (exact) mass is 329 g/mol. The van der Waals surface area contributed by atoms with Gasteiger partial charge in [0.2, 0.25) is 10.0 Å². The summed E-state index contributed by atoms with van der Waals surface area (Å²) in [6, 6.07) is 10.7. The maximum Gasteiger partial charge on any atom is 0.417 e. The van der Waals surface area contributed by atoms with Gasteiger partial charge in [0.25, 0.3) is 0 Å². The van der Waals surface area contributed by atoms with Crippen LogP contribution in [-0.4, -0.2) is 26.8 Å². The number of sulfonamides is 1. The molecule has 0 saturated carbocycles. The van der Waals surface area contributed by atoms with Crippen molar-refractivity contribution in [1.82, 2.24) is 4.31 Å². The van der Waals surface area contributed by atoms with Crippen LogP contribution in [0.5, 0.6) is 0 Å². The van der Waals surface area contributed by atoms with Crippen LogP contribution in [-0.2, 0) is 16.2 Å². The second-order valence-electron chi connectivity index (χ2n) is 4.86. The molecule has 0 spiro atoms. The lowest BCUT2D eigenvalue weighted by Crippen LogP contribution is -2.22. The van der Waals surface area contributed by atoms with Crippen LogP contribution in [0.2, 0.25) is 0 Å². The molecule has 0 amide bonds. The molecule has 22 heavy (non-hydrogen) atoms. The van der Waals surface area contributed by atoms with E-state index < -0.39 is 21.8 Å². The summed E-state index contributed by atoms with van der Waals surface area (Å²) >= 11 is 0. The molecule has 0 atom stereocenters. The van der Waals surface area contributed by atoms with Crippen molar-refractivity contribution in [3.05, 3.63) is 54.1 Å². The van der Waals surface area contributed by atoms with Gasteiger partial charge in [0.05, 0.1) is 10.5 Å². The molecule has 0 aliphatic heterocycles. The summed E-state index contributed by atoms with van der Waals surface area (Å²) in [5, 5.41) is 0. The van der Waals surface area contributed by atoms with Crippen LogP contribution in [0.3, 0.4) is 0 Å². The second kappa shape index (κ2) is 5.73. The molecule has 0 saturated heterocycles. The Hall–Kier alpha value is -1.86. The molecular formula is C15H14F3NO2S. The minimum Gasteiger partial charge on any atom is -0.207 e. The van der Waals surface area contributed by atoms with Crippen molar-refractivity contribution in [2.45, 2.75) is 11.1 Å². The highest BCUT2D eigenvalue weighted by atomic mass is 32.2. The van der Waals surface area contributed by atoms with Crippen molar-refractivity contribution < 1.29 is 21.6 Å². The number of halogens is 3. The fraction of sp³-hybridized carbons (Fsp3) is 0.200. The van der Waals surface area contributed by atoms with Gasteiger partial charge in [-0.3, -0.25) is 0 Å². The first-order valence-corrected chi connectivity index (χ1v) is 7.77. The number of benzene rings is 2. The normalized spacial score (nSPS) is 12.6. The zero-order valence-corrected chi connectivity index (χ0v) is 12.7. The third kappa shape index (κ3) is 3.15. The van der Waals surface area contributed by atoms with Crippen molar-refractivity contribution in [3.63, 3.8) is 0 Å². The van der Waals surface area contributed by atoms with Gasteiger partial charge < -0.3 is 0 Å². The van der Waals surface area contributed by atoms with Crippen LogP contribution in [0.1, 0.15) is 5.56 Å². The average Bonchev–Trinajstić information content (AvgIpc) is 2.46. The third-order valence-corrected chi connectivity index (χ3v) is 4.97. The van der Waals surface area contributed by atoms with E-state index in [4.69, 9.17) is 0 Å². The molecule has 0 unspecified atom stereocenters. The van der Waals surface area contributed by atoms with Gasteiger partial charge >= 0.3 is 6.18 Å². The van der Waals surface area contributed by atoms with Gasteiger partial charge in [-0.2, -0.15) is 13.2 Å². The Labute approximate surface area is 127 Å². The summed E-state index contributed by atoms with van der Waals surface area (Å²) in [5.74, 6) is 0. The molecular weight excluding hydrogens is 315 g/mol. The van der Waals surface area contributed by atoms with Crippen molar-refractivity contribution in [2.24, 2.45) is 0 Å². The van der Waals surface area contributed by atoms with Crippen LogP contribution < -0.4 is 0 Å². The number of rotatable bonds is 3. The molecule has 2 rings (SSSR count). The number of hydrogen-bond donors (Lipinski definition) is 0. The number of hydrogen-bond acceptors (Lipinski definition) is 2. The first-order valence-electron chi connectivity index (χ1n) is 6.33. The lowest BCUT2D eigenvalue weighted by Gasteiger charge is -2.17. The topological polar surface area (TPSA) is 37.4 Å². The molecule has 2 aromatic carbocycles. The molecule has 118 valence electrons. The average molecular weight is 329 g/mol. The highest BCUT2D eigenvalue weighted by Gasteiger charge is 2.34. The number of nitrogens with zero attached hydrogens (tertiary/aromatic N) is 1. The highest BCUT2D eigenvalue weighted by Crippen LogP contribution is 2.38. The molecule has 7 heteroatoms. The van der Waals surface area contributed by atoms with Gasteiger partial charge in [-0.1, -0.05) is 30.3 Å². The molecule has 0 bridgehead atoms. The fourth-order valence-electron chi connectivity index (χ4n) is 2.00. The van der Waals surface area contributed by atoms with Crippen LogP contribution in [0.25, 0.3) is 11.1 Å². The molecule has 0 aliphatic carbocycles. The zero-order chi connectivity index (χ0) is 16.5. The van der Waals surface area contributed by atoms with E-state index in [1.165, 1.54) is 26.2 Å². The molecule has 0 N–H and O–H groups in total. The van der Waals surface area contributed by atoms with Crippen LogP contribution in [0.15, 0.2) is 53.4 Å². The van der Waals surface area contributed by atoms with E-state index in [0.717, 1.165) is 22.5 Å². The maximum atomic E-state index is 13.2. The van der Waals surface area contributed by atoms with E-state index in [1.807, 2.05) is 0 Å². The smallest absolute Gasteiger partial charge is 0.207 e. The van der Waals surface area contributed by atoms with Crippen molar-refractivity contribution >= 4 is 10.0 Å². The van der Waals surface area contributed by atoms with Crippen LogP contribution in [0, 0.1) is 0 Å². The van der Waals surface area contributed by atoms with E-state index >= 15 is 0 Å². The van der Waals surface area contributed by atoms with Crippen molar-refractivity contribution in [2.75, 3.05) is 14.1 Å². The fourth-order valence-corrected chi connectivity index (χ4v) is 2.93. The lowest BCUT2D eigenvalue weighted by atomic mass is 9.99.